The van der Waals surface area contributed by atoms with Crippen LogP contribution in [-0.2, 0) is 16.4 Å². The standard InChI is InChI=1S/C21H24N2O4S/c1-27-18-8-4-6-17(14-18)21(24)23-13-5-7-16-15-19(9-10-20(16)23)28(25,26)22-11-2-3-12-22/h4,6,8-10,14-15H,2-3,5,7,11-13H2,1H3. The molecule has 148 valence electrons. The molecule has 0 spiro atoms. The minimum absolute atomic E-state index is 0.102. The fraction of sp³-hybridized carbons (Fsp3) is 0.381. The van der Waals surface area contributed by atoms with Gasteiger partial charge in [-0.25, -0.2) is 8.42 Å². The maximum Gasteiger partial charge on any atom is 0.258 e. The van der Waals surface area contributed by atoms with Crippen LogP contribution in [-0.4, -0.2) is 45.4 Å². The van der Waals surface area contributed by atoms with Crippen molar-refractivity contribution in [1.82, 2.24) is 4.31 Å². The van der Waals surface area contributed by atoms with Crippen molar-refractivity contribution in [3.8, 4) is 5.75 Å². The Balaban J connectivity index is 1.66. The zero-order chi connectivity index (χ0) is 19.7. The molecule has 0 aliphatic carbocycles. The summed E-state index contributed by atoms with van der Waals surface area (Å²) in [7, 11) is -1.89. The quantitative estimate of drug-likeness (QED) is 0.791. The van der Waals surface area contributed by atoms with Crippen LogP contribution >= 0.6 is 0 Å². The van der Waals surface area contributed by atoms with Crippen LogP contribution in [0.1, 0.15) is 35.2 Å². The van der Waals surface area contributed by atoms with Crippen molar-refractivity contribution in [2.75, 3.05) is 31.6 Å². The maximum absolute atomic E-state index is 13.1. The lowest BCUT2D eigenvalue weighted by Gasteiger charge is -2.30. The van der Waals surface area contributed by atoms with Gasteiger partial charge in [0, 0.05) is 30.9 Å². The van der Waals surface area contributed by atoms with Crippen LogP contribution in [0.15, 0.2) is 47.4 Å². The lowest BCUT2D eigenvalue weighted by molar-refractivity contribution is 0.0984. The highest BCUT2D eigenvalue weighted by Crippen LogP contribution is 2.32. The molecule has 0 N–H and O–H groups in total. The van der Waals surface area contributed by atoms with Crippen LogP contribution in [0.4, 0.5) is 5.69 Å². The third-order valence-electron chi connectivity index (χ3n) is 5.43. The van der Waals surface area contributed by atoms with E-state index in [1.807, 2.05) is 0 Å². The van der Waals surface area contributed by atoms with E-state index in [0.717, 1.165) is 36.9 Å². The first kappa shape index (κ1) is 19.0. The molecular formula is C21H24N2O4S. The molecule has 1 amide bonds. The molecule has 2 aliphatic heterocycles. The molecule has 7 heteroatoms. The Morgan fingerprint density at radius 3 is 2.54 bits per heavy atom. The minimum Gasteiger partial charge on any atom is -0.497 e. The van der Waals surface area contributed by atoms with E-state index in [1.54, 1.807) is 58.8 Å². The van der Waals surface area contributed by atoms with Gasteiger partial charge >= 0.3 is 0 Å². The molecule has 2 heterocycles. The number of carbonyl (C=O) groups is 1. The number of hydrogen-bond acceptors (Lipinski definition) is 4. The van der Waals surface area contributed by atoms with Crippen molar-refractivity contribution in [3.05, 3.63) is 53.6 Å². The summed E-state index contributed by atoms with van der Waals surface area (Å²) in [5.74, 6) is 0.533. The third kappa shape index (κ3) is 3.40. The number of carbonyl (C=O) groups excluding carboxylic acids is 1. The van der Waals surface area contributed by atoms with Gasteiger partial charge in [-0.2, -0.15) is 4.31 Å². The molecule has 0 saturated carbocycles. The molecule has 2 aromatic rings. The van der Waals surface area contributed by atoms with Crippen LogP contribution in [0.2, 0.25) is 0 Å². The van der Waals surface area contributed by atoms with Crippen molar-refractivity contribution in [1.29, 1.82) is 0 Å². The molecule has 6 nitrogen and oxygen atoms in total. The topological polar surface area (TPSA) is 66.9 Å². The monoisotopic (exact) mass is 400 g/mol. The van der Waals surface area contributed by atoms with Gasteiger partial charge in [0.15, 0.2) is 0 Å². The van der Waals surface area contributed by atoms with Gasteiger partial charge in [-0.1, -0.05) is 6.07 Å². The number of benzene rings is 2. The first-order chi connectivity index (χ1) is 13.5. The second kappa shape index (κ2) is 7.56. The Bertz CT molecular complexity index is 997. The molecule has 2 aromatic carbocycles. The largest absolute Gasteiger partial charge is 0.497 e. The zero-order valence-electron chi connectivity index (χ0n) is 15.9. The number of amides is 1. The first-order valence-corrected chi connectivity index (χ1v) is 11.0. The van der Waals surface area contributed by atoms with Crippen molar-refractivity contribution in [2.24, 2.45) is 0 Å². The Hall–Kier alpha value is -2.38. The summed E-state index contributed by atoms with van der Waals surface area (Å²) >= 11 is 0. The van der Waals surface area contributed by atoms with Crippen LogP contribution in [0.25, 0.3) is 0 Å². The average Bonchev–Trinajstić information content (AvgIpc) is 3.28. The number of methoxy groups -OCH3 is 1. The normalized spacial score (nSPS) is 17.4. The van der Waals surface area contributed by atoms with Gasteiger partial charge in [0.2, 0.25) is 10.0 Å². The second-order valence-corrected chi connectivity index (χ2v) is 9.13. The Kier molecular flexibility index (Phi) is 5.12. The Morgan fingerprint density at radius 1 is 1.00 bits per heavy atom. The number of rotatable bonds is 4. The van der Waals surface area contributed by atoms with E-state index in [0.29, 0.717) is 35.8 Å². The third-order valence-corrected chi connectivity index (χ3v) is 7.33. The number of aryl methyl sites for hydroxylation is 1. The SMILES string of the molecule is COc1cccc(C(=O)N2CCCc3cc(S(=O)(=O)N4CCCC4)ccc32)c1. The van der Waals surface area contributed by atoms with Crippen molar-refractivity contribution < 1.29 is 17.9 Å². The summed E-state index contributed by atoms with van der Waals surface area (Å²) in [5.41, 5.74) is 2.25. The summed E-state index contributed by atoms with van der Waals surface area (Å²) in [6.45, 7) is 1.78. The van der Waals surface area contributed by atoms with Crippen molar-refractivity contribution >= 4 is 21.6 Å². The fourth-order valence-electron chi connectivity index (χ4n) is 3.93. The van der Waals surface area contributed by atoms with E-state index in [-0.39, 0.29) is 5.91 Å². The molecule has 0 unspecified atom stereocenters. The molecule has 1 saturated heterocycles. The summed E-state index contributed by atoms with van der Waals surface area (Å²) < 4.78 is 32.5. The van der Waals surface area contributed by atoms with Gasteiger partial charge in [0.1, 0.15) is 5.75 Å². The van der Waals surface area contributed by atoms with Gasteiger partial charge < -0.3 is 9.64 Å². The molecule has 4 rings (SSSR count). The van der Waals surface area contributed by atoms with Crippen molar-refractivity contribution in [3.63, 3.8) is 0 Å². The second-order valence-electron chi connectivity index (χ2n) is 7.19. The molecule has 0 aromatic heterocycles. The molecule has 1 fully saturated rings. The molecular weight excluding hydrogens is 376 g/mol. The molecule has 28 heavy (non-hydrogen) atoms. The first-order valence-electron chi connectivity index (χ1n) is 9.60. The lowest BCUT2D eigenvalue weighted by Crippen LogP contribution is -2.35. The van der Waals surface area contributed by atoms with Crippen molar-refractivity contribution in [2.45, 2.75) is 30.6 Å². The fourth-order valence-corrected chi connectivity index (χ4v) is 5.50. The molecule has 2 aliphatic rings. The summed E-state index contributed by atoms with van der Waals surface area (Å²) in [6, 6.07) is 12.2. The van der Waals surface area contributed by atoms with Crippen LogP contribution in [0.5, 0.6) is 5.75 Å². The Labute approximate surface area is 165 Å². The van der Waals surface area contributed by atoms with Gasteiger partial charge in [-0.15, -0.1) is 0 Å². The van der Waals surface area contributed by atoms with E-state index in [1.165, 1.54) is 0 Å². The molecule has 0 radical (unpaired) electrons. The van der Waals surface area contributed by atoms with Gasteiger partial charge in [0.05, 0.1) is 12.0 Å². The van der Waals surface area contributed by atoms with E-state index in [2.05, 4.69) is 0 Å². The smallest absolute Gasteiger partial charge is 0.258 e. The molecule has 0 atom stereocenters. The number of sulfonamides is 1. The number of ether oxygens (including phenoxy) is 1. The summed E-state index contributed by atoms with van der Waals surface area (Å²) in [5, 5.41) is 0. The minimum atomic E-state index is -3.46. The number of hydrogen-bond donors (Lipinski definition) is 0. The highest BCUT2D eigenvalue weighted by Gasteiger charge is 2.30. The van der Waals surface area contributed by atoms with Crippen LogP contribution in [0.3, 0.4) is 0 Å². The summed E-state index contributed by atoms with van der Waals surface area (Å²) in [6.07, 6.45) is 3.39. The number of nitrogens with zero attached hydrogens (tertiary/aromatic N) is 2. The highest BCUT2D eigenvalue weighted by atomic mass is 32.2. The predicted molar refractivity (Wildman–Crippen MR) is 107 cm³/mol. The van der Waals surface area contributed by atoms with Gasteiger partial charge in [-0.3, -0.25) is 4.79 Å². The highest BCUT2D eigenvalue weighted by molar-refractivity contribution is 7.89. The number of fused-ring (bicyclic) bond motifs is 1. The van der Waals surface area contributed by atoms with E-state index in [9.17, 15) is 13.2 Å². The van der Waals surface area contributed by atoms with Crippen LogP contribution in [0, 0.1) is 0 Å². The van der Waals surface area contributed by atoms with E-state index < -0.39 is 10.0 Å². The maximum atomic E-state index is 13.1. The van der Waals surface area contributed by atoms with Gasteiger partial charge in [-0.05, 0) is 67.6 Å². The van der Waals surface area contributed by atoms with Gasteiger partial charge in [0.25, 0.3) is 5.91 Å². The summed E-state index contributed by atoms with van der Waals surface area (Å²) in [4.78, 5) is 15.1. The average molecular weight is 401 g/mol. The zero-order valence-corrected chi connectivity index (χ0v) is 16.7. The van der Waals surface area contributed by atoms with E-state index >= 15 is 0 Å². The predicted octanol–water partition coefficient (Wildman–Crippen LogP) is 3.07. The van der Waals surface area contributed by atoms with Crippen LogP contribution < -0.4 is 9.64 Å². The lowest BCUT2D eigenvalue weighted by atomic mass is 10.0. The Morgan fingerprint density at radius 2 is 1.79 bits per heavy atom. The molecule has 0 bridgehead atoms. The van der Waals surface area contributed by atoms with E-state index in [4.69, 9.17) is 4.74 Å². The number of anilines is 1.